The molecule has 1 atom stereocenters. The largest absolute Gasteiger partial charge is 0.424 e. The number of rotatable bonds is 8. The van der Waals surface area contributed by atoms with Crippen LogP contribution in [0.15, 0.2) is 41.1 Å². The number of aliphatic hydroxyl groups is 1. The average Bonchev–Trinajstić information content (AvgIpc) is 3.07. The van der Waals surface area contributed by atoms with E-state index in [1.807, 2.05) is 0 Å². The minimum Gasteiger partial charge on any atom is -0.374 e. The van der Waals surface area contributed by atoms with Crippen LogP contribution in [0.3, 0.4) is 0 Å². The number of nitrogens with one attached hydrogen (secondary N) is 2. The lowest BCUT2D eigenvalue weighted by atomic mass is 9.97. The molecule has 3 N–H and O–H groups in total. The summed E-state index contributed by atoms with van der Waals surface area (Å²) in [5.41, 5.74) is -2.77. The lowest BCUT2D eigenvalue weighted by molar-refractivity contribution is -0.272. The zero-order valence-corrected chi connectivity index (χ0v) is 17.0. The minimum absolute atomic E-state index is 0.0175. The predicted octanol–water partition coefficient (Wildman–Crippen LogP) is 2.26. The molecule has 1 aromatic carbocycles. The van der Waals surface area contributed by atoms with Gasteiger partial charge in [-0.3, -0.25) is 9.59 Å². The number of carbonyl (C=O) groups is 2. The molecule has 0 spiro atoms. The summed E-state index contributed by atoms with van der Waals surface area (Å²) in [4.78, 5) is 27.4. The molecule has 2 aromatic rings. The van der Waals surface area contributed by atoms with Crippen molar-refractivity contribution in [3.8, 4) is 0 Å². The lowest BCUT2D eigenvalue weighted by Crippen LogP contribution is -2.46. The molecule has 0 aliphatic carbocycles. The van der Waals surface area contributed by atoms with Gasteiger partial charge in [-0.2, -0.15) is 13.2 Å². The van der Waals surface area contributed by atoms with Gasteiger partial charge < -0.3 is 20.3 Å². The van der Waals surface area contributed by atoms with Crippen LogP contribution in [-0.2, 0) is 17.4 Å². The van der Waals surface area contributed by atoms with Crippen molar-refractivity contribution >= 4 is 27.7 Å². The van der Waals surface area contributed by atoms with Crippen LogP contribution in [0.25, 0.3) is 0 Å². The normalized spacial score (nSPS) is 13.6. The molecular weight excluding hydrogens is 457 g/mol. The first-order valence-corrected chi connectivity index (χ1v) is 9.41. The van der Waals surface area contributed by atoms with Crippen molar-refractivity contribution in [1.82, 2.24) is 20.2 Å². The van der Waals surface area contributed by atoms with E-state index in [4.69, 9.17) is 0 Å². The summed E-state index contributed by atoms with van der Waals surface area (Å²) >= 11 is 3.25. The van der Waals surface area contributed by atoms with Crippen LogP contribution < -0.4 is 10.6 Å². The monoisotopic (exact) mass is 476 g/mol. The number of halogens is 4. The first kappa shape index (κ1) is 22.9. The maximum atomic E-state index is 13.4. The van der Waals surface area contributed by atoms with Gasteiger partial charge in [0, 0.05) is 55.4 Å². The zero-order valence-electron chi connectivity index (χ0n) is 15.5. The Morgan fingerprint density at radius 1 is 1.17 bits per heavy atom. The van der Waals surface area contributed by atoms with Gasteiger partial charge in [0.15, 0.2) is 0 Å². The van der Waals surface area contributed by atoms with Crippen LogP contribution in [-0.4, -0.2) is 45.7 Å². The van der Waals surface area contributed by atoms with Crippen LogP contribution >= 0.6 is 15.9 Å². The second-order valence-corrected chi connectivity index (χ2v) is 7.25. The Bertz CT molecular complexity index is 855. The fourth-order valence-corrected chi connectivity index (χ4v) is 2.87. The lowest BCUT2D eigenvalue weighted by Gasteiger charge is -2.30. The van der Waals surface area contributed by atoms with Crippen molar-refractivity contribution in [2.45, 2.75) is 24.6 Å². The molecule has 29 heavy (non-hydrogen) atoms. The molecule has 1 heterocycles. The molecular formula is C18H20BrF3N4O3. The summed E-state index contributed by atoms with van der Waals surface area (Å²) < 4.78 is 42.0. The molecule has 7 nitrogen and oxygen atoms in total. The third-order valence-electron chi connectivity index (χ3n) is 4.21. The molecule has 0 saturated carbocycles. The van der Waals surface area contributed by atoms with Gasteiger partial charge in [0.05, 0.1) is 0 Å². The number of carbonyl (C=O) groups excluding carboxylic acids is 2. The molecule has 1 unspecified atom stereocenters. The van der Waals surface area contributed by atoms with Gasteiger partial charge in [0.1, 0.15) is 5.82 Å². The molecule has 0 bridgehead atoms. The van der Waals surface area contributed by atoms with Gasteiger partial charge in [-0.15, -0.1) is 0 Å². The van der Waals surface area contributed by atoms with E-state index in [1.165, 1.54) is 13.2 Å². The van der Waals surface area contributed by atoms with E-state index in [2.05, 4.69) is 31.5 Å². The van der Waals surface area contributed by atoms with E-state index in [0.717, 1.165) is 15.2 Å². The molecule has 0 aliphatic rings. The number of hydrogen-bond donors (Lipinski definition) is 3. The van der Waals surface area contributed by atoms with E-state index < -0.39 is 36.5 Å². The highest BCUT2D eigenvalue weighted by atomic mass is 79.9. The van der Waals surface area contributed by atoms with Gasteiger partial charge in [-0.1, -0.05) is 15.9 Å². The quantitative estimate of drug-likeness (QED) is 0.544. The molecule has 0 fully saturated rings. The Hall–Kier alpha value is -2.40. The van der Waals surface area contributed by atoms with Crippen LogP contribution in [0.1, 0.15) is 29.0 Å². The molecule has 1 aromatic heterocycles. The fraction of sp³-hybridized carbons (Fsp3) is 0.389. The van der Waals surface area contributed by atoms with Gasteiger partial charge in [0.25, 0.3) is 5.91 Å². The van der Waals surface area contributed by atoms with E-state index >= 15 is 0 Å². The first-order valence-electron chi connectivity index (χ1n) is 8.62. The number of amides is 2. The number of alkyl halides is 3. The van der Waals surface area contributed by atoms with E-state index in [0.29, 0.717) is 5.56 Å². The number of nitrogens with zero attached hydrogens (tertiary/aromatic N) is 2. The highest BCUT2D eigenvalue weighted by Gasteiger charge is 2.57. The van der Waals surface area contributed by atoms with Crippen molar-refractivity contribution in [3.05, 3.63) is 52.5 Å². The SMILES string of the molecule is Cn1ccnc1C(O)(CCNC(=O)CCNC(=O)c1ccc(Br)cc1)C(F)(F)F. The smallest absolute Gasteiger partial charge is 0.374 e. The summed E-state index contributed by atoms with van der Waals surface area (Å²) in [6.07, 6.45) is -3.43. The van der Waals surface area contributed by atoms with Crippen LogP contribution in [0.4, 0.5) is 13.2 Å². The second-order valence-electron chi connectivity index (χ2n) is 6.33. The molecule has 0 radical (unpaired) electrons. The zero-order chi connectivity index (χ0) is 21.7. The average molecular weight is 477 g/mol. The number of benzene rings is 1. The Kier molecular flexibility index (Phi) is 7.42. The van der Waals surface area contributed by atoms with Gasteiger partial charge in [-0.05, 0) is 24.3 Å². The molecule has 158 valence electrons. The fourth-order valence-electron chi connectivity index (χ4n) is 2.61. The number of aryl methyl sites for hydroxylation is 1. The molecule has 0 saturated heterocycles. The number of imidazole rings is 1. The highest BCUT2D eigenvalue weighted by Crippen LogP contribution is 2.40. The summed E-state index contributed by atoms with van der Waals surface area (Å²) in [5.74, 6) is -1.47. The Labute approximate surface area is 173 Å². The summed E-state index contributed by atoms with van der Waals surface area (Å²) in [5, 5.41) is 15.0. The van der Waals surface area contributed by atoms with E-state index in [-0.39, 0.29) is 18.9 Å². The number of hydrogen-bond acceptors (Lipinski definition) is 4. The van der Waals surface area contributed by atoms with Crippen molar-refractivity contribution in [1.29, 1.82) is 0 Å². The topological polar surface area (TPSA) is 96.2 Å². The van der Waals surface area contributed by atoms with Crippen molar-refractivity contribution in [3.63, 3.8) is 0 Å². The first-order chi connectivity index (χ1) is 13.5. The van der Waals surface area contributed by atoms with E-state index in [1.54, 1.807) is 24.3 Å². The van der Waals surface area contributed by atoms with Crippen molar-refractivity contribution in [2.75, 3.05) is 13.1 Å². The Balaban J connectivity index is 1.81. The van der Waals surface area contributed by atoms with E-state index in [9.17, 15) is 27.9 Å². The molecule has 11 heteroatoms. The second kappa shape index (κ2) is 9.40. The molecule has 2 amide bonds. The van der Waals surface area contributed by atoms with Crippen molar-refractivity contribution in [2.24, 2.45) is 7.05 Å². The van der Waals surface area contributed by atoms with Gasteiger partial charge in [0.2, 0.25) is 11.5 Å². The summed E-state index contributed by atoms with van der Waals surface area (Å²) in [7, 11) is 1.34. The Morgan fingerprint density at radius 2 is 1.83 bits per heavy atom. The van der Waals surface area contributed by atoms with Crippen LogP contribution in [0.2, 0.25) is 0 Å². The van der Waals surface area contributed by atoms with Gasteiger partial charge in [-0.25, -0.2) is 4.98 Å². The maximum Gasteiger partial charge on any atom is 0.424 e. The van der Waals surface area contributed by atoms with Gasteiger partial charge >= 0.3 is 6.18 Å². The Morgan fingerprint density at radius 3 is 2.38 bits per heavy atom. The van der Waals surface area contributed by atoms with Crippen molar-refractivity contribution < 1.29 is 27.9 Å². The highest BCUT2D eigenvalue weighted by molar-refractivity contribution is 9.10. The molecule has 2 rings (SSSR count). The third kappa shape index (κ3) is 5.80. The summed E-state index contributed by atoms with van der Waals surface area (Å²) in [6.45, 7) is -0.397. The third-order valence-corrected chi connectivity index (χ3v) is 4.74. The van der Waals surface area contributed by atoms with Crippen LogP contribution in [0.5, 0.6) is 0 Å². The maximum absolute atomic E-state index is 13.4. The predicted molar refractivity (Wildman–Crippen MR) is 102 cm³/mol. The minimum atomic E-state index is -4.96. The summed E-state index contributed by atoms with van der Waals surface area (Å²) in [6, 6.07) is 6.61. The molecule has 0 aliphatic heterocycles. The standard InChI is InChI=1S/C18H20BrF3N4O3/c1-26-11-10-25-16(26)17(29,18(20,21)22)7-9-23-14(27)6-8-24-15(28)12-2-4-13(19)5-3-12/h2-5,10-11,29H,6-9H2,1H3,(H,23,27)(H,24,28). The number of aromatic nitrogens is 2. The van der Waals surface area contributed by atoms with Crippen LogP contribution in [0, 0.1) is 0 Å².